The maximum Gasteiger partial charge on any atom is 0.245 e. The fraction of sp³-hybridized carbons (Fsp3) is 0.846. The van der Waals surface area contributed by atoms with Crippen molar-refractivity contribution in [2.75, 3.05) is 32.8 Å². The Balaban J connectivity index is 2.03. The molecule has 1 saturated heterocycles. The van der Waals surface area contributed by atoms with Crippen molar-refractivity contribution < 1.29 is 14.3 Å². The van der Waals surface area contributed by atoms with E-state index in [1.165, 1.54) is 0 Å². The van der Waals surface area contributed by atoms with E-state index in [0.717, 1.165) is 19.3 Å². The van der Waals surface area contributed by atoms with Gasteiger partial charge in [-0.2, -0.15) is 0 Å². The van der Waals surface area contributed by atoms with Crippen LogP contribution in [0.3, 0.4) is 0 Å². The smallest absolute Gasteiger partial charge is 0.245 e. The molecule has 2 rings (SSSR count). The number of carbonyl (C=O) groups is 2. The molecule has 1 unspecified atom stereocenters. The molecule has 0 radical (unpaired) electrons. The molecule has 1 atom stereocenters. The molecule has 1 aliphatic carbocycles. The highest BCUT2D eigenvalue weighted by atomic mass is 16.5. The Labute approximate surface area is 113 Å². The van der Waals surface area contributed by atoms with Crippen LogP contribution in [0.15, 0.2) is 0 Å². The van der Waals surface area contributed by atoms with Crippen molar-refractivity contribution in [1.82, 2.24) is 10.2 Å². The number of nitrogens with zero attached hydrogens (tertiary/aromatic N) is 1. The summed E-state index contributed by atoms with van der Waals surface area (Å²) in [7, 11) is 0. The molecule has 6 heteroatoms. The van der Waals surface area contributed by atoms with Crippen LogP contribution in [0.5, 0.6) is 0 Å². The highest BCUT2D eigenvalue weighted by molar-refractivity contribution is 5.92. The Morgan fingerprint density at radius 2 is 2.21 bits per heavy atom. The summed E-state index contributed by atoms with van der Waals surface area (Å²) in [6.45, 7) is 4.23. The van der Waals surface area contributed by atoms with E-state index in [1.54, 1.807) is 4.90 Å². The van der Waals surface area contributed by atoms with Crippen molar-refractivity contribution in [1.29, 1.82) is 0 Å². The standard InChI is InChI=1S/C13H23N3O3/c1-2-5-15-11(17)10-8-19-7-6-16(10)12(18)13(9-14)3-4-13/h10H,2-9,14H2,1H3,(H,15,17). The fourth-order valence-corrected chi connectivity index (χ4v) is 2.39. The van der Waals surface area contributed by atoms with Gasteiger partial charge in [0.2, 0.25) is 11.8 Å². The fourth-order valence-electron chi connectivity index (χ4n) is 2.39. The van der Waals surface area contributed by atoms with E-state index in [-0.39, 0.29) is 18.4 Å². The van der Waals surface area contributed by atoms with Crippen LogP contribution in [-0.4, -0.2) is 55.6 Å². The molecule has 1 heterocycles. The molecule has 2 aliphatic rings. The zero-order valence-corrected chi connectivity index (χ0v) is 11.5. The van der Waals surface area contributed by atoms with E-state index in [1.807, 2.05) is 6.92 Å². The summed E-state index contributed by atoms with van der Waals surface area (Å²) in [6, 6.07) is -0.503. The number of amides is 2. The van der Waals surface area contributed by atoms with Gasteiger partial charge in [-0.1, -0.05) is 6.92 Å². The number of morpholine rings is 1. The molecule has 0 aromatic heterocycles. The maximum absolute atomic E-state index is 12.5. The highest BCUT2D eigenvalue weighted by Crippen LogP contribution is 2.46. The summed E-state index contributed by atoms with van der Waals surface area (Å²) in [5.41, 5.74) is 5.30. The number of carbonyl (C=O) groups excluding carboxylic acids is 2. The summed E-state index contributed by atoms with van der Waals surface area (Å²) in [6.07, 6.45) is 2.55. The van der Waals surface area contributed by atoms with Gasteiger partial charge in [0.1, 0.15) is 6.04 Å². The third kappa shape index (κ3) is 2.90. The quantitative estimate of drug-likeness (QED) is 0.703. The van der Waals surface area contributed by atoms with E-state index < -0.39 is 11.5 Å². The Morgan fingerprint density at radius 1 is 1.47 bits per heavy atom. The van der Waals surface area contributed by atoms with Crippen LogP contribution in [0.4, 0.5) is 0 Å². The number of rotatable bonds is 5. The first kappa shape index (κ1) is 14.3. The molecule has 108 valence electrons. The van der Waals surface area contributed by atoms with Gasteiger partial charge < -0.3 is 20.7 Å². The third-order valence-electron chi connectivity index (χ3n) is 3.94. The number of ether oxygens (including phenoxy) is 1. The molecule has 0 aromatic rings. The lowest BCUT2D eigenvalue weighted by Gasteiger charge is -2.36. The van der Waals surface area contributed by atoms with Gasteiger partial charge in [0, 0.05) is 19.6 Å². The summed E-state index contributed by atoms with van der Waals surface area (Å²) in [4.78, 5) is 26.3. The van der Waals surface area contributed by atoms with Crippen molar-refractivity contribution >= 4 is 11.8 Å². The minimum absolute atomic E-state index is 0.0231. The Morgan fingerprint density at radius 3 is 2.79 bits per heavy atom. The van der Waals surface area contributed by atoms with Crippen LogP contribution in [0, 0.1) is 5.41 Å². The third-order valence-corrected chi connectivity index (χ3v) is 3.94. The molecule has 1 saturated carbocycles. The van der Waals surface area contributed by atoms with Gasteiger partial charge in [-0.25, -0.2) is 0 Å². The van der Waals surface area contributed by atoms with Crippen LogP contribution in [0.1, 0.15) is 26.2 Å². The number of hydrogen-bond donors (Lipinski definition) is 2. The monoisotopic (exact) mass is 269 g/mol. The van der Waals surface area contributed by atoms with Crippen molar-refractivity contribution in [2.24, 2.45) is 11.1 Å². The van der Waals surface area contributed by atoms with Crippen LogP contribution in [-0.2, 0) is 14.3 Å². The van der Waals surface area contributed by atoms with E-state index in [9.17, 15) is 9.59 Å². The molecule has 0 bridgehead atoms. The first-order valence-electron chi connectivity index (χ1n) is 7.01. The van der Waals surface area contributed by atoms with Gasteiger partial charge in [0.15, 0.2) is 0 Å². The van der Waals surface area contributed by atoms with Gasteiger partial charge >= 0.3 is 0 Å². The Kier molecular flexibility index (Phi) is 4.42. The second kappa shape index (κ2) is 5.88. The van der Waals surface area contributed by atoms with E-state index in [4.69, 9.17) is 10.5 Å². The zero-order chi connectivity index (χ0) is 13.9. The summed E-state index contributed by atoms with van der Waals surface area (Å²) < 4.78 is 5.34. The molecule has 3 N–H and O–H groups in total. The Bertz CT molecular complexity index is 355. The first-order chi connectivity index (χ1) is 9.14. The highest BCUT2D eigenvalue weighted by Gasteiger charge is 2.52. The molecule has 6 nitrogen and oxygen atoms in total. The lowest BCUT2D eigenvalue weighted by Crippen LogP contribution is -2.58. The summed E-state index contributed by atoms with van der Waals surface area (Å²) in [5.74, 6) is -0.0994. The minimum Gasteiger partial charge on any atom is -0.377 e. The summed E-state index contributed by atoms with van der Waals surface area (Å²) >= 11 is 0. The molecular formula is C13H23N3O3. The van der Waals surface area contributed by atoms with Gasteiger partial charge in [-0.15, -0.1) is 0 Å². The summed E-state index contributed by atoms with van der Waals surface area (Å²) in [5, 5.41) is 2.83. The average Bonchev–Trinajstić information content (AvgIpc) is 3.25. The number of hydrogen-bond acceptors (Lipinski definition) is 4. The topological polar surface area (TPSA) is 84.7 Å². The van der Waals surface area contributed by atoms with E-state index in [2.05, 4.69) is 5.32 Å². The number of nitrogens with two attached hydrogens (primary N) is 1. The van der Waals surface area contributed by atoms with Crippen LogP contribution in [0.25, 0.3) is 0 Å². The van der Waals surface area contributed by atoms with Gasteiger partial charge in [0.05, 0.1) is 18.6 Å². The normalized spacial score (nSPS) is 24.9. The second-order valence-corrected chi connectivity index (χ2v) is 5.36. The molecule has 0 aromatic carbocycles. The lowest BCUT2D eigenvalue weighted by molar-refractivity contribution is -0.152. The van der Waals surface area contributed by atoms with Crippen molar-refractivity contribution in [3.63, 3.8) is 0 Å². The van der Waals surface area contributed by atoms with Gasteiger partial charge in [-0.3, -0.25) is 9.59 Å². The van der Waals surface area contributed by atoms with Gasteiger partial charge in [0.25, 0.3) is 0 Å². The SMILES string of the molecule is CCCNC(=O)C1COCCN1C(=O)C1(CN)CC1. The first-order valence-corrected chi connectivity index (χ1v) is 7.01. The van der Waals surface area contributed by atoms with Crippen LogP contribution >= 0.6 is 0 Å². The predicted molar refractivity (Wildman–Crippen MR) is 70.3 cm³/mol. The maximum atomic E-state index is 12.5. The molecule has 0 spiro atoms. The number of nitrogens with one attached hydrogen (secondary N) is 1. The Hall–Kier alpha value is -1.14. The van der Waals surface area contributed by atoms with Gasteiger partial charge in [-0.05, 0) is 19.3 Å². The van der Waals surface area contributed by atoms with Crippen LogP contribution < -0.4 is 11.1 Å². The van der Waals surface area contributed by atoms with Crippen molar-refractivity contribution in [3.8, 4) is 0 Å². The molecular weight excluding hydrogens is 246 g/mol. The van der Waals surface area contributed by atoms with Crippen molar-refractivity contribution in [3.05, 3.63) is 0 Å². The lowest BCUT2D eigenvalue weighted by atomic mass is 10.0. The molecule has 1 aliphatic heterocycles. The van der Waals surface area contributed by atoms with E-state index in [0.29, 0.717) is 26.2 Å². The largest absolute Gasteiger partial charge is 0.377 e. The molecule has 2 amide bonds. The second-order valence-electron chi connectivity index (χ2n) is 5.36. The molecule has 19 heavy (non-hydrogen) atoms. The minimum atomic E-state index is -0.503. The van der Waals surface area contributed by atoms with Crippen LogP contribution in [0.2, 0.25) is 0 Å². The average molecular weight is 269 g/mol. The predicted octanol–water partition coefficient (Wildman–Crippen LogP) is -0.521. The molecule has 2 fully saturated rings. The zero-order valence-electron chi connectivity index (χ0n) is 11.5. The van der Waals surface area contributed by atoms with Crippen molar-refractivity contribution in [2.45, 2.75) is 32.2 Å². The van der Waals surface area contributed by atoms with E-state index >= 15 is 0 Å².